The van der Waals surface area contributed by atoms with Gasteiger partial charge < -0.3 is 0 Å². The molecule has 2 aliphatic carbocycles. The van der Waals surface area contributed by atoms with Crippen molar-refractivity contribution in [1.29, 1.82) is 0 Å². The number of rotatable bonds is 4. The quantitative estimate of drug-likeness (QED) is 0.618. The van der Waals surface area contributed by atoms with Crippen LogP contribution in [0.15, 0.2) is 0 Å². The summed E-state index contributed by atoms with van der Waals surface area (Å²) < 4.78 is 0. The average molecular weight is 222 g/mol. The first kappa shape index (κ1) is 12.5. The minimum absolute atomic E-state index is 0.952. The lowest BCUT2D eigenvalue weighted by atomic mass is 9.85. The molecule has 2 aliphatic rings. The highest BCUT2D eigenvalue weighted by molar-refractivity contribution is 4.94. The molecule has 6 atom stereocenters. The van der Waals surface area contributed by atoms with Gasteiger partial charge in [-0.15, -0.1) is 0 Å². The van der Waals surface area contributed by atoms with E-state index in [1.54, 1.807) is 12.8 Å². The van der Waals surface area contributed by atoms with Gasteiger partial charge in [0.05, 0.1) is 0 Å². The molecule has 2 saturated carbocycles. The maximum atomic E-state index is 2.51. The number of hydrogen-bond donors (Lipinski definition) is 0. The van der Waals surface area contributed by atoms with Crippen molar-refractivity contribution in [2.75, 3.05) is 0 Å². The van der Waals surface area contributed by atoms with Crippen LogP contribution in [0.25, 0.3) is 0 Å². The largest absolute Gasteiger partial charge is 0.0651 e. The SMILES string of the molecule is CCC(C)CCC1CC(C)C2CC(C)CC12. The van der Waals surface area contributed by atoms with Crippen LogP contribution in [0, 0.1) is 35.5 Å². The molecule has 16 heavy (non-hydrogen) atoms. The van der Waals surface area contributed by atoms with Gasteiger partial charge >= 0.3 is 0 Å². The highest BCUT2D eigenvalue weighted by Crippen LogP contribution is 2.54. The molecule has 0 aromatic heterocycles. The average Bonchev–Trinajstić information content (AvgIpc) is 2.76. The molecule has 0 heteroatoms. The monoisotopic (exact) mass is 222 g/mol. The summed E-state index contributed by atoms with van der Waals surface area (Å²) >= 11 is 0. The minimum atomic E-state index is 0.952. The molecule has 0 nitrogen and oxygen atoms in total. The molecular weight excluding hydrogens is 192 g/mol. The molecule has 0 heterocycles. The molecule has 0 aromatic rings. The molecule has 0 amide bonds. The van der Waals surface area contributed by atoms with Crippen LogP contribution in [0.4, 0.5) is 0 Å². The number of fused-ring (bicyclic) bond motifs is 1. The summed E-state index contributed by atoms with van der Waals surface area (Å²) in [6, 6.07) is 0. The van der Waals surface area contributed by atoms with Gasteiger partial charge in [-0.2, -0.15) is 0 Å². The molecule has 6 unspecified atom stereocenters. The Hall–Kier alpha value is 0. The zero-order chi connectivity index (χ0) is 11.7. The fourth-order valence-electron chi connectivity index (χ4n) is 4.43. The Morgan fingerprint density at radius 3 is 2.44 bits per heavy atom. The van der Waals surface area contributed by atoms with Crippen molar-refractivity contribution in [2.45, 2.75) is 66.2 Å². The van der Waals surface area contributed by atoms with Gasteiger partial charge in [0.15, 0.2) is 0 Å². The fourth-order valence-corrected chi connectivity index (χ4v) is 4.43. The second-order valence-corrected chi connectivity index (χ2v) is 6.97. The normalized spacial score (nSPS) is 44.6. The van der Waals surface area contributed by atoms with Gasteiger partial charge in [0, 0.05) is 0 Å². The maximum absolute atomic E-state index is 2.51. The summed E-state index contributed by atoms with van der Waals surface area (Å²) in [5.74, 6) is 6.28. The van der Waals surface area contributed by atoms with Gasteiger partial charge in [-0.05, 0) is 61.2 Å². The van der Waals surface area contributed by atoms with Crippen LogP contribution in [0.2, 0.25) is 0 Å². The van der Waals surface area contributed by atoms with E-state index in [0.29, 0.717) is 0 Å². The Bertz CT molecular complexity index is 220. The summed E-state index contributed by atoms with van der Waals surface area (Å²) in [6.07, 6.45) is 8.98. The molecule has 0 radical (unpaired) electrons. The lowest BCUT2D eigenvalue weighted by molar-refractivity contribution is 0.302. The Balaban J connectivity index is 1.86. The standard InChI is InChI=1S/C16H30/c1-5-11(2)6-7-14-10-13(4)15-8-12(3)9-16(14)15/h11-16H,5-10H2,1-4H3. The highest BCUT2D eigenvalue weighted by Gasteiger charge is 2.45. The van der Waals surface area contributed by atoms with E-state index in [0.717, 1.165) is 35.5 Å². The lowest BCUT2D eigenvalue weighted by Gasteiger charge is -2.20. The predicted molar refractivity (Wildman–Crippen MR) is 71.3 cm³/mol. The van der Waals surface area contributed by atoms with Crippen molar-refractivity contribution in [3.63, 3.8) is 0 Å². The van der Waals surface area contributed by atoms with Gasteiger partial charge in [0.2, 0.25) is 0 Å². The van der Waals surface area contributed by atoms with E-state index in [4.69, 9.17) is 0 Å². The van der Waals surface area contributed by atoms with Crippen LogP contribution in [0.3, 0.4) is 0 Å². The van der Waals surface area contributed by atoms with Gasteiger partial charge in [0.25, 0.3) is 0 Å². The third-order valence-electron chi connectivity index (χ3n) is 5.64. The Morgan fingerprint density at radius 1 is 1.06 bits per heavy atom. The van der Waals surface area contributed by atoms with Gasteiger partial charge in [-0.3, -0.25) is 0 Å². The first-order chi connectivity index (χ1) is 7.61. The molecule has 0 aliphatic heterocycles. The van der Waals surface area contributed by atoms with Crippen molar-refractivity contribution in [3.8, 4) is 0 Å². The van der Waals surface area contributed by atoms with Crippen LogP contribution in [-0.2, 0) is 0 Å². The van der Waals surface area contributed by atoms with E-state index in [1.165, 1.54) is 25.7 Å². The smallest absolute Gasteiger partial charge is 0.0352 e. The van der Waals surface area contributed by atoms with Crippen molar-refractivity contribution in [3.05, 3.63) is 0 Å². The summed E-state index contributed by atoms with van der Waals surface area (Å²) in [7, 11) is 0. The van der Waals surface area contributed by atoms with Gasteiger partial charge in [-0.1, -0.05) is 40.5 Å². The Kier molecular flexibility index (Phi) is 3.97. The summed E-state index contributed by atoms with van der Waals surface area (Å²) in [5.41, 5.74) is 0. The van der Waals surface area contributed by atoms with Crippen molar-refractivity contribution in [1.82, 2.24) is 0 Å². The van der Waals surface area contributed by atoms with Crippen molar-refractivity contribution < 1.29 is 0 Å². The Morgan fingerprint density at radius 2 is 1.75 bits per heavy atom. The van der Waals surface area contributed by atoms with E-state index >= 15 is 0 Å². The van der Waals surface area contributed by atoms with Crippen molar-refractivity contribution in [2.24, 2.45) is 35.5 Å². The van der Waals surface area contributed by atoms with Crippen LogP contribution < -0.4 is 0 Å². The first-order valence-corrected chi connectivity index (χ1v) is 7.61. The maximum Gasteiger partial charge on any atom is -0.0352 e. The lowest BCUT2D eigenvalue weighted by Crippen LogP contribution is -2.11. The van der Waals surface area contributed by atoms with Crippen LogP contribution in [0.1, 0.15) is 66.2 Å². The molecule has 0 bridgehead atoms. The molecule has 0 N–H and O–H groups in total. The highest BCUT2D eigenvalue weighted by atomic mass is 14.5. The van der Waals surface area contributed by atoms with Gasteiger partial charge in [0.1, 0.15) is 0 Å². The fraction of sp³-hybridized carbons (Fsp3) is 1.00. The second kappa shape index (κ2) is 5.10. The van der Waals surface area contributed by atoms with Crippen LogP contribution in [0.5, 0.6) is 0 Å². The second-order valence-electron chi connectivity index (χ2n) is 6.97. The Labute approximate surface area is 102 Å². The van der Waals surface area contributed by atoms with Crippen LogP contribution in [-0.4, -0.2) is 0 Å². The third kappa shape index (κ3) is 2.46. The zero-order valence-corrected chi connectivity index (χ0v) is 11.7. The number of hydrogen-bond acceptors (Lipinski definition) is 0. The zero-order valence-electron chi connectivity index (χ0n) is 11.7. The summed E-state index contributed by atoms with van der Waals surface area (Å²) in [4.78, 5) is 0. The molecule has 0 spiro atoms. The molecular formula is C16H30. The van der Waals surface area contributed by atoms with E-state index < -0.39 is 0 Å². The molecule has 0 saturated heterocycles. The predicted octanol–water partition coefficient (Wildman–Crippen LogP) is 5.13. The first-order valence-electron chi connectivity index (χ1n) is 7.61. The topological polar surface area (TPSA) is 0 Å². The van der Waals surface area contributed by atoms with E-state index in [9.17, 15) is 0 Å². The molecule has 2 fully saturated rings. The summed E-state index contributed by atoms with van der Waals surface area (Å²) in [5, 5.41) is 0. The molecule has 94 valence electrons. The summed E-state index contributed by atoms with van der Waals surface area (Å²) in [6.45, 7) is 9.74. The minimum Gasteiger partial charge on any atom is -0.0651 e. The van der Waals surface area contributed by atoms with E-state index in [-0.39, 0.29) is 0 Å². The molecule has 0 aromatic carbocycles. The van der Waals surface area contributed by atoms with E-state index in [2.05, 4.69) is 27.7 Å². The van der Waals surface area contributed by atoms with Gasteiger partial charge in [-0.25, -0.2) is 0 Å². The van der Waals surface area contributed by atoms with Crippen molar-refractivity contribution >= 4 is 0 Å². The van der Waals surface area contributed by atoms with Crippen LogP contribution >= 0.6 is 0 Å². The third-order valence-corrected chi connectivity index (χ3v) is 5.64. The molecule has 2 rings (SSSR count). The van der Waals surface area contributed by atoms with E-state index in [1.807, 2.05) is 0 Å².